The number of fused-ring (bicyclic) bond motifs is 1. The number of benzene rings is 2. The Hall–Kier alpha value is -3.07. The molecule has 3 aromatic rings. The van der Waals surface area contributed by atoms with Gasteiger partial charge in [-0.3, -0.25) is 4.79 Å². The van der Waals surface area contributed by atoms with Crippen LogP contribution in [0.4, 0.5) is 10.2 Å². The van der Waals surface area contributed by atoms with E-state index in [0.29, 0.717) is 54.0 Å². The molecule has 1 saturated heterocycles. The van der Waals surface area contributed by atoms with Crippen molar-refractivity contribution in [2.24, 2.45) is 0 Å². The summed E-state index contributed by atoms with van der Waals surface area (Å²) in [6, 6.07) is 9.30. The fraction of sp³-hybridized carbons (Fsp3) is 0.286. The Balaban J connectivity index is 1.56. The Morgan fingerprint density at radius 3 is 2.43 bits per heavy atom. The minimum absolute atomic E-state index is 0.208. The van der Waals surface area contributed by atoms with E-state index in [-0.39, 0.29) is 10.8 Å². The maximum absolute atomic E-state index is 13.8. The summed E-state index contributed by atoms with van der Waals surface area (Å²) in [6.45, 7) is 3.60. The van der Waals surface area contributed by atoms with Crippen molar-refractivity contribution in [1.82, 2.24) is 14.9 Å². The number of piperazine rings is 1. The van der Waals surface area contributed by atoms with E-state index in [4.69, 9.17) is 0 Å². The lowest BCUT2D eigenvalue weighted by atomic mass is 10.1. The number of halogens is 1. The van der Waals surface area contributed by atoms with Crippen molar-refractivity contribution >= 4 is 32.5 Å². The average molecular weight is 428 g/mol. The van der Waals surface area contributed by atoms with Crippen molar-refractivity contribution in [3.63, 3.8) is 0 Å². The fourth-order valence-electron chi connectivity index (χ4n) is 3.53. The number of aromatic nitrogens is 2. The van der Waals surface area contributed by atoms with E-state index < -0.39 is 15.7 Å². The first kappa shape index (κ1) is 20.2. The molecule has 0 atom stereocenters. The predicted octanol–water partition coefficient (Wildman–Crippen LogP) is 2.44. The Morgan fingerprint density at radius 2 is 1.77 bits per heavy atom. The van der Waals surface area contributed by atoms with Gasteiger partial charge in [-0.15, -0.1) is 0 Å². The van der Waals surface area contributed by atoms with Crippen LogP contribution in [-0.4, -0.2) is 61.6 Å². The Kier molecular flexibility index (Phi) is 5.15. The zero-order valence-corrected chi connectivity index (χ0v) is 17.5. The average Bonchev–Trinajstić information content (AvgIpc) is 2.74. The topological polar surface area (TPSA) is 83.5 Å². The van der Waals surface area contributed by atoms with Crippen LogP contribution in [0.2, 0.25) is 0 Å². The fourth-order valence-corrected chi connectivity index (χ4v) is 4.18. The molecule has 30 heavy (non-hydrogen) atoms. The van der Waals surface area contributed by atoms with Crippen LogP contribution in [-0.2, 0) is 9.84 Å². The van der Waals surface area contributed by atoms with Gasteiger partial charge in [-0.2, -0.15) is 0 Å². The number of hydrogen-bond donors (Lipinski definition) is 0. The highest BCUT2D eigenvalue weighted by Gasteiger charge is 2.24. The first-order valence-corrected chi connectivity index (χ1v) is 11.4. The summed E-state index contributed by atoms with van der Waals surface area (Å²) in [6.07, 6.45) is 2.61. The van der Waals surface area contributed by atoms with Gasteiger partial charge in [0.15, 0.2) is 9.84 Å². The molecule has 1 amide bonds. The second kappa shape index (κ2) is 7.64. The van der Waals surface area contributed by atoms with E-state index >= 15 is 0 Å². The number of aryl methyl sites for hydroxylation is 1. The zero-order chi connectivity index (χ0) is 21.5. The number of hydrogen-bond acceptors (Lipinski definition) is 6. The number of carbonyl (C=O) groups is 1. The van der Waals surface area contributed by atoms with Gasteiger partial charge in [-0.05, 0) is 42.8 Å². The van der Waals surface area contributed by atoms with Crippen molar-refractivity contribution in [3.05, 3.63) is 59.7 Å². The second-order valence-corrected chi connectivity index (χ2v) is 9.41. The number of rotatable bonds is 3. The second-order valence-electron chi connectivity index (χ2n) is 7.39. The standard InChI is InChI=1S/C21H21FN4O3S/c1-14-3-4-15(11-18(14)22)21(27)26-9-7-25(8-10-26)20-17-12-16(30(2,28)29)5-6-19(17)23-13-24-20/h3-6,11-13H,7-10H2,1-2H3. The SMILES string of the molecule is Cc1ccc(C(=O)N2CCN(c3ncnc4ccc(S(C)(=O)=O)cc34)CC2)cc1F. The quantitative estimate of drug-likeness (QED) is 0.637. The molecule has 0 radical (unpaired) electrons. The van der Waals surface area contributed by atoms with Gasteiger partial charge < -0.3 is 9.80 Å². The first-order valence-electron chi connectivity index (χ1n) is 9.49. The Labute approximate surface area is 174 Å². The lowest BCUT2D eigenvalue weighted by molar-refractivity contribution is 0.0746. The van der Waals surface area contributed by atoms with Crippen molar-refractivity contribution < 1.29 is 17.6 Å². The molecular weight excluding hydrogens is 407 g/mol. The summed E-state index contributed by atoms with van der Waals surface area (Å²) in [4.78, 5) is 25.2. The lowest BCUT2D eigenvalue weighted by Crippen LogP contribution is -2.49. The van der Waals surface area contributed by atoms with Crippen LogP contribution >= 0.6 is 0 Å². The Bertz CT molecular complexity index is 1240. The largest absolute Gasteiger partial charge is 0.352 e. The molecule has 2 aromatic carbocycles. The normalized spacial score (nSPS) is 14.9. The molecule has 0 bridgehead atoms. The third-order valence-corrected chi connectivity index (χ3v) is 6.41. The van der Waals surface area contributed by atoms with E-state index in [1.165, 1.54) is 18.5 Å². The smallest absolute Gasteiger partial charge is 0.254 e. The highest BCUT2D eigenvalue weighted by Crippen LogP contribution is 2.27. The maximum Gasteiger partial charge on any atom is 0.254 e. The molecule has 0 spiro atoms. The van der Waals surface area contributed by atoms with Crippen LogP contribution < -0.4 is 4.90 Å². The van der Waals surface area contributed by atoms with E-state index in [0.717, 1.165) is 6.26 Å². The monoisotopic (exact) mass is 428 g/mol. The molecule has 1 fully saturated rings. The summed E-state index contributed by atoms with van der Waals surface area (Å²) in [5.74, 6) is 0.0352. The minimum atomic E-state index is -3.36. The van der Waals surface area contributed by atoms with E-state index in [9.17, 15) is 17.6 Å². The van der Waals surface area contributed by atoms with Gasteiger partial charge in [0.05, 0.1) is 10.4 Å². The van der Waals surface area contributed by atoms with Crippen LogP contribution in [0, 0.1) is 12.7 Å². The van der Waals surface area contributed by atoms with Crippen LogP contribution in [0.25, 0.3) is 10.9 Å². The molecule has 2 heterocycles. The van der Waals surface area contributed by atoms with Crippen molar-refractivity contribution in [1.29, 1.82) is 0 Å². The van der Waals surface area contributed by atoms with Crippen molar-refractivity contribution in [3.8, 4) is 0 Å². The third kappa shape index (κ3) is 3.85. The van der Waals surface area contributed by atoms with Crippen LogP contribution in [0.3, 0.4) is 0 Å². The molecule has 0 N–H and O–H groups in total. The molecule has 156 valence electrons. The number of amides is 1. The maximum atomic E-state index is 13.8. The van der Waals surface area contributed by atoms with Gasteiger partial charge in [-0.25, -0.2) is 22.8 Å². The van der Waals surface area contributed by atoms with Crippen molar-refractivity contribution in [2.75, 3.05) is 37.3 Å². The third-order valence-electron chi connectivity index (χ3n) is 5.30. The van der Waals surface area contributed by atoms with Crippen LogP contribution in [0.1, 0.15) is 15.9 Å². The number of anilines is 1. The van der Waals surface area contributed by atoms with E-state index in [1.54, 1.807) is 36.1 Å². The van der Waals surface area contributed by atoms with Gasteiger partial charge in [-0.1, -0.05) is 6.07 Å². The molecule has 1 aliphatic heterocycles. The highest BCUT2D eigenvalue weighted by atomic mass is 32.2. The molecule has 4 rings (SSSR count). The van der Waals surface area contributed by atoms with Gasteiger partial charge in [0, 0.05) is 43.4 Å². The van der Waals surface area contributed by atoms with E-state index in [1.807, 2.05) is 4.90 Å². The summed E-state index contributed by atoms with van der Waals surface area (Å²) in [7, 11) is -3.36. The minimum Gasteiger partial charge on any atom is -0.352 e. The molecule has 7 nitrogen and oxygen atoms in total. The molecular formula is C21H21FN4O3S. The molecule has 0 unspecified atom stereocenters. The molecule has 1 aromatic heterocycles. The summed E-state index contributed by atoms with van der Waals surface area (Å²) in [5.41, 5.74) is 1.48. The zero-order valence-electron chi connectivity index (χ0n) is 16.7. The Morgan fingerprint density at radius 1 is 1.03 bits per heavy atom. The van der Waals surface area contributed by atoms with Crippen molar-refractivity contribution in [2.45, 2.75) is 11.8 Å². The number of carbonyl (C=O) groups excluding carboxylic acids is 1. The summed E-state index contributed by atoms with van der Waals surface area (Å²) in [5, 5.41) is 0.654. The predicted molar refractivity (Wildman–Crippen MR) is 112 cm³/mol. The van der Waals surface area contributed by atoms with Gasteiger partial charge >= 0.3 is 0 Å². The molecule has 0 aliphatic carbocycles. The van der Waals surface area contributed by atoms with Gasteiger partial charge in [0.1, 0.15) is 18.0 Å². The molecule has 0 saturated carbocycles. The van der Waals surface area contributed by atoms with Crippen LogP contribution in [0.15, 0.2) is 47.6 Å². The molecule has 9 heteroatoms. The van der Waals surface area contributed by atoms with Crippen LogP contribution in [0.5, 0.6) is 0 Å². The number of sulfone groups is 1. The summed E-state index contributed by atoms with van der Waals surface area (Å²) < 4.78 is 37.7. The number of nitrogens with zero attached hydrogens (tertiary/aromatic N) is 4. The van der Waals surface area contributed by atoms with E-state index in [2.05, 4.69) is 9.97 Å². The van der Waals surface area contributed by atoms with Gasteiger partial charge in [0.25, 0.3) is 5.91 Å². The summed E-state index contributed by atoms with van der Waals surface area (Å²) >= 11 is 0. The first-order chi connectivity index (χ1) is 14.2. The van der Waals surface area contributed by atoms with Gasteiger partial charge in [0.2, 0.25) is 0 Å². The molecule has 1 aliphatic rings. The highest BCUT2D eigenvalue weighted by molar-refractivity contribution is 7.90. The lowest BCUT2D eigenvalue weighted by Gasteiger charge is -2.35.